The summed E-state index contributed by atoms with van der Waals surface area (Å²) in [5.41, 5.74) is -0.787. The molecule has 4 heteroatoms. The minimum Gasteiger partial charge on any atom is -0.507 e. The van der Waals surface area contributed by atoms with Gasteiger partial charge in [-0.2, -0.15) is 5.26 Å². The Bertz CT molecular complexity index is 330. The molecule has 1 aromatic carbocycles. The van der Waals surface area contributed by atoms with Crippen LogP contribution in [0.15, 0.2) is 18.2 Å². The van der Waals surface area contributed by atoms with E-state index in [1.54, 1.807) is 0 Å². The van der Waals surface area contributed by atoms with Crippen molar-refractivity contribution in [2.24, 2.45) is 0 Å². The smallest absolute Gasteiger partial charge is 0.265 e. The fourth-order valence-corrected chi connectivity index (χ4v) is 0.861. The highest BCUT2D eigenvalue weighted by atomic mass is 19.3. The molecule has 1 rings (SSSR count). The molecule has 0 bridgehead atoms. The van der Waals surface area contributed by atoms with Crippen LogP contribution in [-0.4, -0.2) is 5.11 Å². The van der Waals surface area contributed by atoms with Crippen molar-refractivity contribution < 1.29 is 13.9 Å². The number of nitriles is 1. The van der Waals surface area contributed by atoms with Crippen molar-refractivity contribution in [1.82, 2.24) is 0 Å². The van der Waals surface area contributed by atoms with Gasteiger partial charge in [-0.1, -0.05) is 12.1 Å². The molecule has 0 fully saturated rings. The lowest BCUT2D eigenvalue weighted by atomic mass is 10.1. The Morgan fingerprint density at radius 1 is 1.42 bits per heavy atom. The SMILES string of the molecule is N#Cc1c(O)cccc1C(F)F. The van der Waals surface area contributed by atoms with Gasteiger partial charge >= 0.3 is 0 Å². The topological polar surface area (TPSA) is 44.0 Å². The molecular weight excluding hydrogens is 164 g/mol. The number of aromatic hydroxyl groups is 1. The van der Waals surface area contributed by atoms with Gasteiger partial charge in [0.05, 0.1) is 0 Å². The molecule has 0 aliphatic carbocycles. The van der Waals surface area contributed by atoms with Gasteiger partial charge in [0.15, 0.2) is 0 Å². The zero-order chi connectivity index (χ0) is 9.14. The standard InChI is InChI=1S/C8H5F2NO/c9-8(10)5-2-1-3-7(12)6(5)4-11/h1-3,8,12H. The summed E-state index contributed by atoms with van der Waals surface area (Å²) >= 11 is 0. The van der Waals surface area contributed by atoms with Crippen LogP contribution in [0, 0.1) is 11.3 Å². The lowest BCUT2D eigenvalue weighted by Crippen LogP contribution is -1.89. The fourth-order valence-electron chi connectivity index (χ4n) is 0.861. The van der Waals surface area contributed by atoms with Crippen LogP contribution in [0.1, 0.15) is 17.6 Å². The van der Waals surface area contributed by atoms with E-state index in [-0.39, 0.29) is 5.56 Å². The number of benzene rings is 1. The number of phenols is 1. The molecule has 0 saturated carbocycles. The van der Waals surface area contributed by atoms with Crippen molar-refractivity contribution in [3.05, 3.63) is 29.3 Å². The van der Waals surface area contributed by atoms with E-state index in [4.69, 9.17) is 10.4 Å². The zero-order valence-corrected chi connectivity index (χ0v) is 5.96. The summed E-state index contributed by atoms with van der Waals surface area (Å²) in [4.78, 5) is 0. The van der Waals surface area contributed by atoms with Crippen molar-refractivity contribution >= 4 is 0 Å². The highest BCUT2D eigenvalue weighted by molar-refractivity contribution is 5.48. The molecular formula is C8H5F2NO. The van der Waals surface area contributed by atoms with Crippen LogP contribution < -0.4 is 0 Å². The van der Waals surface area contributed by atoms with E-state index >= 15 is 0 Å². The van der Waals surface area contributed by atoms with Crippen molar-refractivity contribution in [1.29, 1.82) is 5.26 Å². The average molecular weight is 169 g/mol. The van der Waals surface area contributed by atoms with Gasteiger partial charge in [0.25, 0.3) is 6.43 Å². The number of rotatable bonds is 1. The largest absolute Gasteiger partial charge is 0.507 e. The molecule has 0 heterocycles. The summed E-state index contributed by atoms with van der Waals surface area (Å²) in [5.74, 6) is -0.407. The molecule has 0 spiro atoms. The number of alkyl halides is 2. The molecule has 0 saturated heterocycles. The normalized spacial score (nSPS) is 9.83. The van der Waals surface area contributed by atoms with Gasteiger partial charge in [-0.05, 0) is 6.07 Å². The molecule has 62 valence electrons. The van der Waals surface area contributed by atoms with Crippen molar-refractivity contribution in [3.63, 3.8) is 0 Å². The molecule has 0 unspecified atom stereocenters. The lowest BCUT2D eigenvalue weighted by Gasteiger charge is -2.02. The van der Waals surface area contributed by atoms with Crippen LogP contribution in [0.4, 0.5) is 8.78 Å². The predicted octanol–water partition coefficient (Wildman–Crippen LogP) is 2.20. The Kier molecular flexibility index (Phi) is 2.24. The van der Waals surface area contributed by atoms with Gasteiger partial charge in [0.1, 0.15) is 17.4 Å². The van der Waals surface area contributed by atoms with E-state index in [9.17, 15) is 8.78 Å². The minimum absolute atomic E-state index is 0.354. The van der Waals surface area contributed by atoms with Crippen molar-refractivity contribution in [3.8, 4) is 11.8 Å². The van der Waals surface area contributed by atoms with E-state index in [0.717, 1.165) is 6.07 Å². The van der Waals surface area contributed by atoms with Gasteiger partial charge in [-0.15, -0.1) is 0 Å². The number of nitrogens with zero attached hydrogens (tertiary/aromatic N) is 1. The van der Waals surface area contributed by atoms with Gasteiger partial charge in [0.2, 0.25) is 0 Å². The Hall–Kier alpha value is -1.63. The van der Waals surface area contributed by atoms with E-state index in [1.807, 2.05) is 0 Å². The number of hydrogen-bond donors (Lipinski definition) is 1. The summed E-state index contributed by atoms with van der Waals surface area (Å²) in [5, 5.41) is 17.4. The van der Waals surface area contributed by atoms with Gasteiger partial charge < -0.3 is 5.11 Å². The van der Waals surface area contributed by atoms with Gasteiger partial charge in [0, 0.05) is 5.56 Å². The molecule has 0 radical (unpaired) electrons. The summed E-state index contributed by atoms with van der Waals surface area (Å²) < 4.78 is 24.3. The number of phenolic OH excluding ortho intramolecular Hbond substituents is 1. The number of halogens is 2. The van der Waals surface area contributed by atoms with E-state index in [1.165, 1.54) is 18.2 Å². The maximum atomic E-state index is 12.1. The third-order valence-corrected chi connectivity index (χ3v) is 1.42. The second kappa shape index (κ2) is 3.18. The molecule has 12 heavy (non-hydrogen) atoms. The Balaban J connectivity index is 3.30. The molecule has 1 aromatic rings. The number of hydrogen-bond acceptors (Lipinski definition) is 2. The maximum absolute atomic E-state index is 12.1. The molecule has 0 aliphatic rings. The molecule has 0 aromatic heterocycles. The quantitative estimate of drug-likeness (QED) is 0.700. The van der Waals surface area contributed by atoms with Crippen LogP contribution in [-0.2, 0) is 0 Å². The van der Waals surface area contributed by atoms with Crippen LogP contribution in [0.3, 0.4) is 0 Å². The summed E-state index contributed by atoms with van der Waals surface area (Å²) in [6.07, 6.45) is -2.73. The first-order valence-electron chi connectivity index (χ1n) is 3.17. The highest BCUT2D eigenvalue weighted by Crippen LogP contribution is 2.27. The van der Waals surface area contributed by atoms with Gasteiger partial charge in [-0.25, -0.2) is 8.78 Å². The molecule has 0 atom stereocenters. The minimum atomic E-state index is -2.73. The summed E-state index contributed by atoms with van der Waals surface area (Å²) in [6.45, 7) is 0. The summed E-state index contributed by atoms with van der Waals surface area (Å²) in [7, 11) is 0. The summed E-state index contributed by atoms with van der Waals surface area (Å²) in [6, 6.07) is 5.10. The molecule has 0 amide bonds. The predicted molar refractivity (Wildman–Crippen MR) is 37.8 cm³/mol. The monoisotopic (exact) mass is 169 g/mol. The van der Waals surface area contributed by atoms with Crippen LogP contribution in [0.2, 0.25) is 0 Å². The third kappa shape index (κ3) is 1.35. The van der Waals surface area contributed by atoms with Crippen molar-refractivity contribution in [2.45, 2.75) is 6.43 Å². The van der Waals surface area contributed by atoms with Crippen LogP contribution in [0.5, 0.6) is 5.75 Å². The zero-order valence-electron chi connectivity index (χ0n) is 5.96. The van der Waals surface area contributed by atoms with E-state index in [2.05, 4.69) is 0 Å². The molecule has 0 aliphatic heterocycles. The molecule has 2 nitrogen and oxygen atoms in total. The first-order chi connectivity index (χ1) is 5.66. The Morgan fingerprint density at radius 3 is 2.50 bits per heavy atom. The average Bonchev–Trinajstić information content (AvgIpc) is 2.03. The highest BCUT2D eigenvalue weighted by Gasteiger charge is 2.14. The molecule has 1 N–H and O–H groups in total. The Morgan fingerprint density at radius 2 is 2.08 bits per heavy atom. The fraction of sp³-hybridized carbons (Fsp3) is 0.125. The van der Waals surface area contributed by atoms with Crippen molar-refractivity contribution in [2.75, 3.05) is 0 Å². The van der Waals surface area contributed by atoms with E-state index < -0.39 is 17.7 Å². The van der Waals surface area contributed by atoms with Crippen LogP contribution >= 0.6 is 0 Å². The maximum Gasteiger partial charge on any atom is 0.265 e. The van der Waals surface area contributed by atoms with E-state index in [0.29, 0.717) is 0 Å². The second-order valence-electron chi connectivity index (χ2n) is 2.15. The Labute approximate surface area is 67.7 Å². The lowest BCUT2D eigenvalue weighted by molar-refractivity contribution is 0.150. The van der Waals surface area contributed by atoms with Crippen LogP contribution in [0.25, 0.3) is 0 Å². The van der Waals surface area contributed by atoms with Gasteiger partial charge in [-0.3, -0.25) is 0 Å². The first kappa shape index (κ1) is 8.47. The third-order valence-electron chi connectivity index (χ3n) is 1.42. The first-order valence-corrected chi connectivity index (χ1v) is 3.17. The second-order valence-corrected chi connectivity index (χ2v) is 2.15.